The lowest BCUT2D eigenvalue weighted by Crippen LogP contribution is -2.50. The van der Waals surface area contributed by atoms with Gasteiger partial charge in [0.15, 0.2) is 0 Å². The van der Waals surface area contributed by atoms with Gasteiger partial charge in [-0.3, -0.25) is 14.3 Å². The minimum Gasteiger partial charge on any atom is -0.336 e. The molecule has 2 aliphatic rings. The third kappa shape index (κ3) is 2.99. The predicted octanol–water partition coefficient (Wildman–Crippen LogP) is 1.10. The van der Waals surface area contributed by atoms with Crippen molar-refractivity contribution < 1.29 is 9.59 Å². The fourth-order valence-electron chi connectivity index (χ4n) is 3.25. The van der Waals surface area contributed by atoms with Gasteiger partial charge >= 0.3 is 0 Å². The predicted molar refractivity (Wildman–Crippen MR) is 85.3 cm³/mol. The van der Waals surface area contributed by atoms with Crippen LogP contribution in [0.3, 0.4) is 0 Å². The zero-order valence-electron chi connectivity index (χ0n) is 13.1. The van der Waals surface area contributed by atoms with Crippen LogP contribution in [0.25, 0.3) is 0 Å². The zero-order chi connectivity index (χ0) is 15.7. The molecule has 0 bridgehead atoms. The average Bonchev–Trinajstić information content (AvgIpc) is 3.19. The normalized spacial score (nSPS) is 25.0. The largest absolute Gasteiger partial charge is 0.336 e. The van der Waals surface area contributed by atoms with Crippen LogP contribution in [0.4, 0.5) is 0 Å². The second-order valence-electron chi connectivity index (χ2n) is 6.07. The highest BCUT2D eigenvalue weighted by Gasteiger charge is 2.39. The quantitative estimate of drug-likeness (QED) is 0.836. The Kier molecular flexibility index (Phi) is 4.42. The second-order valence-corrected chi connectivity index (χ2v) is 7.07. The van der Waals surface area contributed by atoms with Crippen LogP contribution in [0.15, 0.2) is 12.4 Å². The van der Waals surface area contributed by atoms with Crippen molar-refractivity contribution in [3.8, 4) is 0 Å². The first-order chi connectivity index (χ1) is 10.6. The van der Waals surface area contributed by atoms with E-state index in [1.54, 1.807) is 23.6 Å². The summed E-state index contributed by atoms with van der Waals surface area (Å²) in [6.45, 7) is 5.08. The first-order valence-corrected chi connectivity index (χ1v) is 8.86. The zero-order valence-corrected chi connectivity index (χ0v) is 13.9. The Labute approximate surface area is 134 Å². The van der Waals surface area contributed by atoms with Gasteiger partial charge in [-0.05, 0) is 25.3 Å². The van der Waals surface area contributed by atoms with Gasteiger partial charge in [0, 0.05) is 25.4 Å². The van der Waals surface area contributed by atoms with Crippen LogP contribution in [0, 0.1) is 6.92 Å². The summed E-state index contributed by atoms with van der Waals surface area (Å²) in [5.74, 6) is 1.43. The van der Waals surface area contributed by atoms with Crippen molar-refractivity contribution in [2.24, 2.45) is 0 Å². The Morgan fingerprint density at radius 3 is 2.91 bits per heavy atom. The van der Waals surface area contributed by atoms with Crippen molar-refractivity contribution in [1.82, 2.24) is 19.6 Å². The van der Waals surface area contributed by atoms with Gasteiger partial charge in [0.1, 0.15) is 6.04 Å². The van der Waals surface area contributed by atoms with Crippen molar-refractivity contribution in [2.75, 3.05) is 18.2 Å². The Bertz CT molecular complexity index is 574. The molecule has 3 heterocycles. The van der Waals surface area contributed by atoms with Gasteiger partial charge in [-0.25, -0.2) is 0 Å². The lowest BCUT2D eigenvalue weighted by atomic mass is 10.2. The summed E-state index contributed by atoms with van der Waals surface area (Å²) in [7, 11) is 0. The molecule has 3 rings (SSSR count). The van der Waals surface area contributed by atoms with Gasteiger partial charge in [-0.1, -0.05) is 0 Å². The van der Waals surface area contributed by atoms with E-state index in [4.69, 9.17) is 0 Å². The number of hydrogen-bond donors (Lipinski definition) is 0. The van der Waals surface area contributed by atoms with Crippen molar-refractivity contribution >= 4 is 23.6 Å². The van der Waals surface area contributed by atoms with Gasteiger partial charge in [-0.2, -0.15) is 5.10 Å². The Morgan fingerprint density at radius 2 is 2.23 bits per heavy atom. The first-order valence-electron chi connectivity index (χ1n) is 7.71. The Balaban J connectivity index is 1.69. The van der Waals surface area contributed by atoms with Gasteiger partial charge in [0.25, 0.3) is 0 Å². The molecule has 2 fully saturated rings. The van der Waals surface area contributed by atoms with Crippen LogP contribution in [-0.4, -0.2) is 61.7 Å². The highest BCUT2D eigenvalue weighted by Crippen LogP contribution is 2.26. The maximum atomic E-state index is 12.9. The summed E-state index contributed by atoms with van der Waals surface area (Å²) in [5, 5.41) is 4.32. The monoisotopic (exact) mass is 322 g/mol. The molecule has 0 unspecified atom stereocenters. The van der Waals surface area contributed by atoms with E-state index in [-0.39, 0.29) is 23.9 Å². The van der Waals surface area contributed by atoms with E-state index in [9.17, 15) is 9.59 Å². The molecular weight excluding hydrogens is 300 g/mol. The van der Waals surface area contributed by atoms with E-state index < -0.39 is 0 Å². The molecule has 120 valence electrons. The summed E-state index contributed by atoms with van der Waals surface area (Å²) >= 11 is 1.65. The first kappa shape index (κ1) is 15.4. The summed E-state index contributed by atoms with van der Waals surface area (Å²) in [5.41, 5.74) is 1.13. The number of likely N-dealkylation sites (tertiary alicyclic amines) is 1. The van der Waals surface area contributed by atoms with E-state index in [1.807, 2.05) is 28.9 Å². The molecule has 0 saturated carbocycles. The molecule has 6 nitrogen and oxygen atoms in total. The molecule has 0 aliphatic carbocycles. The van der Waals surface area contributed by atoms with E-state index in [0.717, 1.165) is 31.5 Å². The van der Waals surface area contributed by atoms with Gasteiger partial charge in [0.05, 0.1) is 24.7 Å². The molecule has 2 atom stereocenters. The number of amides is 2. The Hall–Kier alpha value is -1.50. The van der Waals surface area contributed by atoms with Crippen molar-refractivity contribution in [3.63, 3.8) is 0 Å². The molecule has 0 N–H and O–H groups in total. The molecule has 22 heavy (non-hydrogen) atoms. The van der Waals surface area contributed by atoms with E-state index in [0.29, 0.717) is 11.6 Å². The van der Waals surface area contributed by atoms with E-state index >= 15 is 0 Å². The minimum absolute atomic E-state index is 0.0122. The lowest BCUT2D eigenvalue weighted by Gasteiger charge is -2.30. The maximum absolute atomic E-state index is 12.9. The molecule has 2 aliphatic heterocycles. The average molecular weight is 322 g/mol. The third-order valence-corrected chi connectivity index (χ3v) is 5.40. The molecule has 2 saturated heterocycles. The van der Waals surface area contributed by atoms with Crippen molar-refractivity contribution in [1.29, 1.82) is 0 Å². The molecule has 0 aromatic carbocycles. The van der Waals surface area contributed by atoms with E-state index in [2.05, 4.69) is 5.10 Å². The molecule has 2 amide bonds. The van der Waals surface area contributed by atoms with Gasteiger partial charge in [0.2, 0.25) is 11.8 Å². The molecule has 7 heteroatoms. The fourth-order valence-corrected chi connectivity index (χ4v) is 4.46. The van der Waals surface area contributed by atoms with E-state index in [1.165, 1.54) is 0 Å². The summed E-state index contributed by atoms with van der Waals surface area (Å²) in [6, 6.07) is -0.103. The second kappa shape index (κ2) is 6.32. The van der Waals surface area contributed by atoms with Crippen LogP contribution in [-0.2, 0) is 16.1 Å². The standard InChI is InChI=1S/C15H22N4O2S/c1-11-6-16-17(7-11)8-13-4-3-5-18(13)15(21)14-9-22-10-19(14)12(2)20/h6-7,13-14H,3-5,8-10H2,1-2H3/t13-,14-/m0/s1. The number of carbonyl (C=O) groups excluding carboxylic acids is 2. The third-order valence-electron chi connectivity index (χ3n) is 4.39. The maximum Gasteiger partial charge on any atom is 0.246 e. The highest BCUT2D eigenvalue weighted by molar-refractivity contribution is 7.99. The van der Waals surface area contributed by atoms with Crippen LogP contribution in [0.2, 0.25) is 0 Å². The number of thioether (sulfide) groups is 1. The minimum atomic E-state index is -0.289. The van der Waals surface area contributed by atoms with Gasteiger partial charge < -0.3 is 9.80 Å². The lowest BCUT2D eigenvalue weighted by molar-refractivity contribution is -0.143. The highest BCUT2D eigenvalue weighted by atomic mass is 32.2. The van der Waals surface area contributed by atoms with Crippen LogP contribution >= 0.6 is 11.8 Å². The van der Waals surface area contributed by atoms with Crippen molar-refractivity contribution in [2.45, 2.75) is 45.3 Å². The topological polar surface area (TPSA) is 58.4 Å². The number of aromatic nitrogens is 2. The fraction of sp³-hybridized carbons (Fsp3) is 0.667. The Morgan fingerprint density at radius 1 is 1.41 bits per heavy atom. The van der Waals surface area contributed by atoms with Crippen LogP contribution < -0.4 is 0 Å². The number of nitrogens with zero attached hydrogens (tertiary/aromatic N) is 4. The molecular formula is C15H22N4O2S. The number of hydrogen-bond acceptors (Lipinski definition) is 4. The van der Waals surface area contributed by atoms with Crippen LogP contribution in [0.1, 0.15) is 25.3 Å². The van der Waals surface area contributed by atoms with Crippen molar-refractivity contribution in [3.05, 3.63) is 18.0 Å². The summed E-state index contributed by atoms with van der Waals surface area (Å²) < 4.78 is 1.91. The number of aryl methyl sites for hydroxylation is 1. The summed E-state index contributed by atoms with van der Waals surface area (Å²) in [6.07, 6.45) is 5.88. The number of rotatable bonds is 3. The molecule has 1 aromatic heterocycles. The van der Waals surface area contributed by atoms with Crippen LogP contribution in [0.5, 0.6) is 0 Å². The smallest absolute Gasteiger partial charge is 0.246 e. The summed E-state index contributed by atoms with van der Waals surface area (Å²) in [4.78, 5) is 28.2. The SMILES string of the molecule is CC(=O)N1CSC[C@H]1C(=O)N1CCC[C@H]1Cn1cc(C)cn1. The number of carbonyl (C=O) groups is 2. The molecule has 0 radical (unpaired) electrons. The molecule has 1 aromatic rings. The molecule has 0 spiro atoms. The van der Waals surface area contributed by atoms with Gasteiger partial charge in [-0.15, -0.1) is 11.8 Å².